The number of hydrogen-bond acceptors (Lipinski definition) is 7. The van der Waals surface area contributed by atoms with Crippen molar-refractivity contribution in [2.75, 3.05) is 46.5 Å². The third-order valence-electron chi connectivity index (χ3n) is 5.93. The third kappa shape index (κ3) is 4.21. The van der Waals surface area contributed by atoms with Gasteiger partial charge in [-0.1, -0.05) is 17.9 Å². The van der Waals surface area contributed by atoms with Gasteiger partial charge in [0.25, 0.3) is 5.91 Å². The first-order valence-electron chi connectivity index (χ1n) is 10.6. The molecule has 2 aliphatic heterocycles. The van der Waals surface area contributed by atoms with Crippen LogP contribution < -0.4 is 14.7 Å². The molecule has 3 heterocycles. The van der Waals surface area contributed by atoms with E-state index >= 15 is 0 Å². The van der Waals surface area contributed by atoms with Gasteiger partial charge in [0.2, 0.25) is 5.78 Å². The van der Waals surface area contributed by atoms with Gasteiger partial charge in [0.05, 0.1) is 44.7 Å². The monoisotopic (exact) mass is 442 g/mol. The number of benzene rings is 1. The summed E-state index contributed by atoms with van der Waals surface area (Å²) in [6.07, 6.45) is 2.04. The number of amides is 1. The van der Waals surface area contributed by atoms with Crippen LogP contribution in [0.25, 0.3) is 0 Å². The number of ketones is 1. The number of carbonyl (C=O) groups is 2. The lowest BCUT2D eigenvalue weighted by Crippen LogP contribution is -3.14. The van der Waals surface area contributed by atoms with Gasteiger partial charge >= 0.3 is 0 Å². The molecule has 170 valence electrons. The van der Waals surface area contributed by atoms with E-state index in [0.29, 0.717) is 31.7 Å². The molecule has 0 aliphatic carbocycles. The van der Waals surface area contributed by atoms with E-state index in [4.69, 9.17) is 13.9 Å². The summed E-state index contributed by atoms with van der Waals surface area (Å²) < 4.78 is 15.8. The highest BCUT2D eigenvalue weighted by atomic mass is 16.5. The lowest BCUT2D eigenvalue weighted by Gasteiger charge is -2.29. The molecule has 2 aromatic rings. The number of Topliss-reactive ketones (excluding diaryl/α,β-unsaturated/α-hetero) is 1. The second kappa shape index (κ2) is 9.46. The summed E-state index contributed by atoms with van der Waals surface area (Å²) in [5, 5.41) is 22.7. The Morgan fingerprint density at radius 3 is 2.78 bits per heavy atom. The summed E-state index contributed by atoms with van der Waals surface area (Å²) in [5.41, 5.74) is 0.442. The van der Waals surface area contributed by atoms with Gasteiger partial charge < -0.3 is 33.9 Å². The maximum absolute atomic E-state index is 13.1. The largest absolute Gasteiger partial charge is 0.870 e. The zero-order valence-corrected chi connectivity index (χ0v) is 17.8. The maximum Gasteiger partial charge on any atom is 0.290 e. The average molecular weight is 442 g/mol. The Kier molecular flexibility index (Phi) is 6.48. The van der Waals surface area contributed by atoms with Gasteiger partial charge in [-0.2, -0.15) is 0 Å². The molecule has 9 nitrogen and oxygen atoms in total. The van der Waals surface area contributed by atoms with Crippen LogP contribution in [0.1, 0.15) is 28.6 Å². The van der Waals surface area contributed by atoms with Crippen LogP contribution in [0.15, 0.2) is 52.3 Å². The van der Waals surface area contributed by atoms with Gasteiger partial charge in [0.1, 0.15) is 18.8 Å². The van der Waals surface area contributed by atoms with Crippen LogP contribution >= 0.6 is 0 Å². The normalized spacial score (nSPS) is 19.6. The first-order valence-corrected chi connectivity index (χ1v) is 10.6. The summed E-state index contributed by atoms with van der Waals surface area (Å²) in [6, 6.07) is 6.59. The Bertz CT molecular complexity index is 1010. The molecule has 2 N–H and O–H groups in total. The van der Waals surface area contributed by atoms with Gasteiger partial charge in [-0.3, -0.25) is 9.59 Å². The van der Waals surface area contributed by atoms with Crippen molar-refractivity contribution in [3.8, 4) is 11.5 Å². The van der Waals surface area contributed by atoms with Crippen molar-refractivity contribution >= 4 is 11.7 Å². The highest BCUT2D eigenvalue weighted by Gasteiger charge is 2.44. The second-order valence-corrected chi connectivity index (χ2v) is 7.85. The zero-order chi connectivity index (χ0) is 22.7. The van der Waals surface area contributed by atoms with Crippen LogP contribution in [0.2, 0.25) is 0 Å². The molecule has 1 aromatic carbocycles. The number of hydrogen-bond donors (Lipinski definition) is 2. The molecule has 1 aromatic heterocycles. The number of furan rings is 1. The second-order valence-electron chi connectivity index (χ2n) is 7.85. The number of nitrogens with one attached hydrogen (secondary N) is 1. The van der Waals surface area contributed by atoms with E-state index < -0.39 is 23.5 Å². The molecule has 1 atom stereocenters. The van der Waals surface area contributed by atoms with E-state index in [2.05, 4.69) is 0 Å². The van der Waals surface area contributed by atoms with E-state index in [1.54, 1.807) is 12.1 Å². The van der Waals surface area contributed by atoms with Gasteiger partial charge in [-0.15, -0.1) is 0 Å². The molecule has 32 heavy (non-hydrogen) atoms. The molecule has 0 radical (unpaired) electrons. The Morgan fingerprint density at radius 2 is 2.09 bits per heavy atom. The van der Waals surface area contributed by atoms with Crippen molar-refractivity contribution in [2.45, 2.75) is 12.5 Å². The number of morpholine rings is 1. The highest BCUT2D eigenvalue weighted by molar-refractivity contribution is 6.15. The van der Waals surface area contributed by atoms with Crippen molar-refractivity contribution in [1.82, 2.24) is 4.90 Å². The summed E-state index contributed by atoms with van der Waals surface area (Å²) in [6.45, 7) is 4.42. The van der Waals surface area contributed by atoms with E-state index in [-0.39, 0.29) is 22.8 Å². The molecule has 1 fully saturated rings. The number of ether oxygens (including phenoxy) is 2. The maximum atomic E-state index is 13.1. The number of nitrogens with zero attached hydrogens (tertiary/aromatic N) is 1. The minimum atomic E-state index is -0.853. The van der Waals surface area contributed by atoms with Crippen LogP contribution in [0.3, 0.4) is 0 Å². The van der Waals surface area contributed by atoms with Gasteiger partial charge in [-0.05, 0) is 23.8 Å². The SMILES string of the molecule is COc1cc(C2C(C(=O)c3ccco3)=C(O)C(=O)N2CCC[NH+]2CCOCC2)ccc1[O-]. The van der Waals surface area contributed by atoms with Crippen molar-refractivity contribution in [3.05, 3.63) is 59.3 Å². The molecule has 1 saturated heterocycles. The predicted octanol–water partition coefficient (Wildman–Crippen LogP) is 0.245. The van der Waals surface area contributed by atoms with Gasteiger partial charge in [0, 0.05) is 13.0 Å². The Labute approximate surface area is 185 Å². The minimum absolute atomic E-state index is 0.0244. The minimum Gasteiger partial charge on any atom is -0.870 e. The molecule has 1 amide bonds. The number of aliphatic hydroxyl groups excluding tert-OH is 1. The molecule has 0 saturated carbocycles. The lowest BCUT2D eigenvalue weighted by atomic mass is 9.94. The number of aliphatic hydroxyl groups is 1. The lowest BCUT2D eigenvalue weighted by molar-refractivity contribution is -0.908. The Hall–Kier alpha value is -3.30. The average Bonchev–Trinajstić information content (AvgIpc) is 3.43. The van der Waals surface area contributed by atoms with Crippen LogP contribution in [-0.2, 0) is 9.53 Å². The Morgan fingerprint density at radius 1 is 1.31 bits per heavy atom. The topological polar surface area (TPSA) is 117 Å². The van der Waals surface area contributed by atoms with Crippen molar-refractivity contribution in [3.63, 3.8) is 0 Å². The van der Waals surface area contributed by atoms with Crippen molar-refractivity contribution in [2.24, 2.45) is 0 Å². The molecular weight excluding hydrogens is 416 g/mol. The smallest absolute Gasteiger partial charge is 0.290 e. The summed E-state index contributed by atoms with van der Waals surface area (Å²) in [5.74, 6) is -1.97. The molecule has 1 unspecified atom stereocenters. The third-order valence-corrected chi connectivity index (χ3v) is 5.93. The van der Waals surface area contributed by atoms with Crippen molar-refractivity contribution < 1.29 is 38.6 Å². The van der Waals surface area contributed by atoms with Gasteiger partial charge in [-0.25, -0.2) is 0 Å². The fraction of sp³-hybridized carbons (Fsp3) is 0.391. The van der Waals surface area contributed by atoms with E-state index in [1.165, 1.54) is 41.4 Å². The van der Waals surface area contributed by atoms with Gasteiger partial charge in [0.15, 0.2) is 11.5 Å². The molecule has 0 bridgehead atoms. The predicted molar refractivity (Wildman–Crippen MR) is 111 cm³/mol. The summed E-state index contributed by atoms with van der Waals surface area (Å²) >= 11 is 0. The van der Waals surface area contributed by atoms with E-state index in [0.717, 1.165) is 19.6 Å². The first kappa shape index (κ1) is 21.9. The van der Waals surface area contributed by atoms with E-state index in [9.17, 15) is 19.8 Å². The van der Waals surface area contributed by atoms with E-state index in [1.807, 2.05) is 0 Å². The number of methoxy groups -OCH3 is 1. The molecule has 9 heteroatoms. The molecule has 4 rings (SSSR count). The number of carbonyl (C=O) groups excluding carboxylic acids is 2. The van der Waals surface area contributed by atoms with Crippen molar-refractivity contribution in [1.29, 1.82) is 0 Å². The fourth-order valence-electron chi connectivity index (χ4n) is 4.27. The fourth-order valence-corrected chi connectivity index (χ4v) is 4.27. The number of quaternary nitrogens is 1. The first-order chi connectivity index (χ1) is 15.5. The van der Waals surface area contributed by atoms with Crippen LogP contribution in [-0.4, -0.2) is 68.2 Å². The quantitative estimate of drug-likeness (QED) is 0.563. The van der Waals surface area contributed by atoms with Crippen LogP contribution in [0.4, 0.5) is 0 Å². The van der Waals surface area contributed by atoms with Crippen LogP contribution in [0.5, 0.6) is 11.5 Å². The molecule has 0 spiro atoms. The summed E-state index contributed by atoms with van der Waals surface area (Å²) in [7, 11) is 1.38. The van der Waals surface area contributed by atoms with Crippen LogP contribution in [0, 0.1) is 0 Å². The highest BCUT2D eigenvalue weighted by Crippen LogP contribution is 2.41. The summed E-state index contributed by atoms with van der Waals surface area (Å²) in [4.78, 5) is 29.0. The Balaban J connectivity index is 1.64. The molecular formula is C23H26N2O7. The molecule has 2 aliphatic rings. The standard InChI is InChI=1S/C23H26N2O7/c1-30-18-14-15(5-6-16(18)26)20-19(21(27)17-4-2-11-32-17)22(28)23(29)25(20)8-3-7-24-9-12-31-13-10-24/h2,4-6,11,14,20,26,28H,3,7-10,12-13H2,1H3. The number of rotatable bonds is 8. The zero-order valence-electron chi connectivity index (χ0n) is 17.8.